The van der Waals surface area contributed by atoms with E-state index in [2.05, 4.69) is 52.8 Å². The minimum atomic E-state index is 0.518. The van der Waals surface area contributed by atoms with Crippen molar-refractivity contribution in [2.45, 2.75) is 45.6 Å². The van der Waals surface area contributed by atoms with E-state index in [1.807, 2.05) is 12.3 Å². The van der Waals surface area contributed by atoms with Gasteiger partial charge in [-0.05, 0) is 50.7 Å². The molecule has 2 heterocycles. The number of rotatable bonds is 3. The van der Waals surface area contributed by atoms with Crippen LogP contribution in [0.4, 0.5) is 5.82 Å². The molecule has 0 amide bonds. The summed E-state index contributed by atoms with van der Waals surface area (Å²) in [7, 11) is 0. The van der Waals surface area contributed by atoms with Crippen molar-refractivity contribution in [1.82, 2.24) is 14.4 Å². The van der Waals surface area contributed by atoms with Crippen molar-refractivity contribution >= 4 is 11.6 Å². The first kappa shape index (κ1) is 15.2. The molecule has 24 heavy (non-hydrogen) atoms. The largest absolute Gasteiger partial charge is 0.367 e. The lowest BCUT2D eigenvalue weighted by Crippen LogP contribution is -2.26. The Kier molecular flexibility index (Phi) is 3.97. The minimum Gasteiger partial charge on any atom is -0.367 e. The molecule has 3 aromatic rings. The monoisotopic (exact) mass is 320 g/mol. The predicted octanol–water partition coefficient (Wildman–Crippen LogP) is 4.70. The number of anilines is 1. The first-order valence-corrected chi connectivity index (χ1v) is 8.87. The molecule has 0 radical (unpaired) electrons. The zero-order valence-corrected chi connectivity index (χ0v) is 14.4. The minimum absolute atomic E-state index is 0.518. The van der Waals surface area contributed by atoms with E-state index in [1.54, 1.807) is 6.20 Å². The van der Waals surface area contributed by atoms with Crippen LogP contribution in [0.3, 0.4) is 0 Å². The van der Waals surface area contributed by atoms with Crippen molar-refractivity contribution in [3.63, 3.8) is 0 Å². The number of fused-ring (bicyclic) bond motifs is 1. The van der Waals surface area contributed by atoms with Crippen molar-refractivity contribution < 1.29 is 0 Å². The summed E-state index contributed by atoms with van der Waals surface area (Å²) in [5, 5.41) is 3.77. The maximum absolute atomic E-state index is 4.79. The molecule has 1 aliphatic rings. The van der Waals surface area contributed by atoms with E-state index in [0.717, 1.165) is 28.8 Å². The Hall–Kier alpha value is -2.36. The van der Waals surface area contributed by atoms with Crippen LogP contribution in [-0.2, 0) is 0 Å². The molecule has 4 heteroatoms. The van der Waals surface area contributed by atoms with Gasteiger partial charge in [0.05, 0.1) is 0 Å². The zero-order valence-electron chi connectivity index (χ0n) is 14.4. The molecule has 2 aromatic heterocycles. The summed E-state index contributed by atoms with van der Waals surface area (Å²) in [6, 6.07) is 11.0. The number of nitrogens with one attached hydrogen (secondary N) is 1. The van der Waals surface area contributed by atoms with Crippen molar-refractivity contribution in [2.24, 2.45) is 5.92 Å². The fraction of sp³-hybridized carbons (Fsp3) is 0.400. The van der Waals surface area contributed by atoms with Crippen LogP contribution in [0.2, 0.25) is 0 Å². The highest BCUT2D eigenvalue weighted by molar-refractivity contribution is 5.76. The van der Waals surface area contributed by atoms with Gasteiger partial charge in [0.15, 0.2) is 0 Å². The number of nitrogens with zero attached hydrogens (tertiary/aromatic N) is 3. The van der Waals surface area contributed by atoms with Crippen molar-refractivity contribution in [1.29, 1.82) is 0 Å². The third-order valence-electron chi connectivity index (χ3n) is 5.05. The molecule has 0 bridgehead atoms. The summed E-state index contributed by atoms with van der Waals surface area (Å²) >= 11 is 0. The van der Waals surface area contributed by atoms with Gasteiger partial charge in [-0.1, -0.05) is 30.7 Å². The number of hydrogen-bond donors (Lipinski definition) is 1. The average Bonchev–Trinajstić information content (AvgIpc) is 2.96. The van der Waals surface area contributed by atoms with Gasteiger partial charge in [0.25, 0.3) is 0 Å². The molecule has 1 aromatic carbocycles. The number of aromatic nitrogens is 3. The van der Waals surface area contributed by atoms with Crippen LogP contribution in [-0.4, -0.2) is 20.4 Å². The Morgan fingerprint density at radius 3 is 2.75 bits per heavy atom. The van der Waals surface area contributed by atoms with Gasteiger partial charge in [-0.3, -0.25) is 4.40 Å². The Balaban J connectivity index is 1.76. The fourth-order valence-electron chi connectivity index (χ4n) is 3.62. The highest BCUT2D eigenvalue weighted by atomic mass is 15.2. The molecular formula is C20H24N4. The standard InChI is InChI=1S/C20H24N4/c1-14-7-9-17(10-8-14)22-19-18(16-6-3-5-15(2)13-16)23-20-21-11-4-12-24(19)20/h3-6,11-14,17,22H,7-10H2,1-2H3. The van der Waals surface area contributed by atoms with Crippen LogP contribution in [0.15, 0.2) is 42.7 Å². The van der Waals surface area contributed by atoms with Crippen LogP contribution >= 0.6 is 0 Å². The first-order valence-electron chi connectivity index (χ1n) is 8.87. The lowest BCUT2D eigenvalue weighted by Gasteiger charge is -2.27. The highest BCUT2D eigenvalue weighted by Crippen LogP contribution is 2.32. The molecular weight excluding hydrogens is 296 g/mol. The van der Waals surface area contributed by atoms with Gasteiger partial charge in [0, 0.05) is 24.0 Å². The molecule has 0 aliphatic heterocycles. The summed E-state index contributed by atoms with van der Waals surface area (Å²) in [5.41, 5.74) is 3.39. The van der Waals surface area contributed by atoms with Gasteiger partial charge in [-0.25, -0.2) is 9.97 Å². The second-order valence-corrected chi connectivity index (χ2v) is 7.07. The summed E-state index contributed by atoms with van der Waals surface area (Å²) in [5.74, 6) is 2.67. The van der Waals surface area contributed by atoms with E-state index < -0.39 is 0 Å². The number of imidazole rings is 1. The lowest BCUT2D eigenvalue weighted by molar-refractivity contribution is 0.361. The van der Waals surface area contributed by atoms with Crippen LogP contribution in [0.1, 0.15) is 38.2 Å². The molecule has 1 saturated carbocycles. The third kappa shape index (κ3) is 2.88. The zero-order chi connectivity index (χ0) is 16.5. The molecule has 1 N–H and O–H groups in total. The van der Waals surface area contributed by atoms with E-state index in [0.29, 0.717) is 6.04 Å². The molecule has 1 aliphatic carbocycles. The molecule has 4 rings (SSSR count). The second kappa shape index (κ2) is 6.27. The van der Waals surface area contributed by atoms with Crippen molar-refractivity contribution in [3.8, 4) is 11.3 Å². The molecule has 0 saturated heterocycles. The Morgan fingerprint density at radius 2 is 1.96 bits per heavy atom. The normalized spacial score (nSPS) is 21.1. The molecule has 124 valence electrons. The summed E-state index contributed by atoms with van der Waals surface area (Å²) in [6.07, 6.45) is 8.89. The first-order chi connectivity index (χ1) is 11.7. The van der Waals surface area contributed by atoms with Crippen LogP contribution in [0.5, 0.6) is 0 Å². The van der Waals surface area contributed by atoms with Gasteiger partial charge in [-0.15, -0.1) is 0 Å². The summed E-state index contributed by atoms with van der Waals surface area (Å²) in [6.45, 7) is 4.47. The molecule has 0 atom stereocenters. The maximum atomic E-state index is 4.79. The average molecular weight is 320 g/mol. The lowest BCUT2D eigenvalue weighted by atomic mass is 9.87. The quantitative estimate of drug-likeness (QED) is 0.761. The molecule has 0 unspecified atom stereocenters. The van der Waals surface area contributed by atoms with Crippen LogP contribution < -0.4 is 5.32 Å². The van der Waals surface area contributed by atoms with E-state index >= 15 is 0 Å². The van der Waals surface area contributed by atoms with Crippen molar-refractivity contribution in [3.05, 3.63) is 48.3 Å². The fourth-order valence-corrected chi connectivity index (χ4v) is 3.62. The van der Waals surface area contributed by atoms with Gasteiger partial charge in [-0.2, -0.15) is 0 Å². The highest BCUT2D eigenvalue weighted by Gasteiger charge is 2.22. The number of aryl methyl sites for hydroxylation is 1. The van der Waals surface area contributed by atoms with E-state index in [1.165, 1.54) is 31.2 Å². The van der Waals surface area contributed by atoms with Crippen LogP contribution in [0.25, 0.3) is 17.0 Å². The topological polar surface area (TPSA) is 42.2 Å². The van der Waals surface area contributed by atoms with E-state index in [-0.39, 0.29) is 0 Å². The summed E-state index contributed by atoms with van der Waals surface area (Å²) < 4.78 is 2.08. The number of benzene rings is 1. The maximum Gasteiger partial charge on any atom is 0.235 e. The van der Waals surface area contributed by atoms with Crippen LogP contribution in [0, 0.1) is 12.8 Å². The van der Waals surface area contributed by atoms with E-state index in [9.17, 15) is 0 Å². The molecule has 4 nitrogen and oxygen atoms in total. The van der Waals surface area contributed by atoms with Gasteiger partial charge in [0.1, 0.15) is 11.5 Å². The van der Waals surface area contributed by atoms with Crippen molar-refractivity contribution in [2.75, 3.05) is 5.32 Å². The summed E-state index contributed by atoms with van der Waals surface area (Å²) in [4.78, 5) is 9.22. The predicted molar refractivity (Wildman–Crippen MR) is 98.2 cm³/mol. The van der Waals surface area contributed by atoms with Gasteiger partial charge >= 0.3 is 0 Å². The smallest absolute Gasteiger partial charge is 0.235 e. The van der Waals surface area contributed by atoms with E-state index in [4.69, 9.17) is 4.98 Å². The molecule has 1 fully saturated rings. The Labute approximate surface area is 143 Å². The molecule has 0 spiro atoms. The Bertz CT molecular complexity index is 844. The van der Waals surface area contributed by atoms with Gasteiger partial charge in [0.2, 0.25) is 5.78 Å². The Morgan fingerprint density at radius 1 is 1.12 bits per heavy atom. The SMILES string of the molecule is Cc1cccc(-c2nc3ncccn3c2NC2CCC(C)CC2)c1. The number of hydrogen-bond acceptors (Lipinski definition) is 3. The third-order valence-corrected chi connectivity index (χ3v) is 5.05. The van der Waals surface area contributed by atoms with Gasteiger partial charge < -0.3 is 5.32 Å². The second-order valence-electron chi connectivity index (χ2n) is 7.07.